The number of hydrogen-bond donors (Lipinski definition) is 4. The Hall–Kier alpha value is -1.14. The van der Waals surface area contributed by atoms with E-state index < -0.39 is 17.9 Å². The molecule has 1 atom stereocenters. The summed E-state index contributed by atoms with van der Waals surface area (Å²) in [7, 11) is 0. The van der Waals surface area contributed by atoms with Gasteiger partial charge in [-0.15, -0.1) is 0 Å². The normalized spacial score (nSPS) is 12.4. The predicted octanol–water partition coefficient (Wildman–Crippen LogP) is -1.36. The molecule has 0 heterocycles. The molecular formula is C8H17N3O3. The second-order valence-corrected chi connectivity index (χ2v) is 3.02. The molecule has 0 unspecified atom stereocenters. The van der Waals surface area contributed by atoms with Crippen LogP contribution >= 0.6 is 0 Å². The maximum Gasteiger partial charge on any atom is 0.320 e. The molecule has 0 saturated heterocycles. The van der Waals surface area contributed by atoms with E-state index in [-0.39, 0.29) is 6.54 Å². The van der Waals surface area contributed by atoms with Crippen molar-refractivity contribution >= 4 is 11.9 Å². The molecule has 82 valence electrons. The summed E-state index contributed by atoms with van der Waals surface area (Å²) in [5.41, 5.74) is 10.2. The van der Waals surface area contributed by atoms with E-state index >= 15 is 0 Å². The average Bonchev–Trinajstić information content (AvgIpc) is 2.10. The van der Waals surface area contributed by atoms with E-state index in [0.717, 1.165) is 12.8 Å². The van der Waals surface area contributed by atoms with E-state index in [2.05, 4.69) is 5.32 Å². The van der Waals surface area contributed by atoms with Crippen LogP contribution in [-0.2, 0) is 9.59 Å². The van der Waals surface area contributed by atoms with Crippen molar-refractivity contribution in [1.29, 1.82) is 0 Å². The summed E-state index contributed by atoms with van der Waals surface area (Å²) < 4.78 is 0. The molecule has 0 aliphatic rings. The third-order valence-corrected chi connectivity index (χ3v) is 1.77. The number of rotatable bonds is 8. The number of nitrogens with two attached hydrogens (primary N) is 2. The maximum atomic E-state index is 10.7. The van der Waals surface area contributed by atoms with Crippen molar-refractivity contribution in [1.82, 2.24) is 5.32 Å². The fraction of sp³-hybridized carbons (Fsp3) is 0.750. The largest absolute Gasteiger partial charge is 0.480 e. The lowest BCUT2D eigenvalue weighted by Crippen LogP contribution is -2.41. The molecule has 0 spiro atoms. The number of unbranched alkanes of at least 4 members (excludes halogenated alkanes) is 1. The fourth-order valence-corrected chi connectivity index (χ4v) is 1.03. The summed E-state index contributed by atoms with van der Waals surface area (Å²) in [6.45, 7) is 0.432. The minimum atomic E-state index is -0.969. The van der Waals surface area contributed by atoms with Gasteiger partial charge in [0.15, 0.2) is 0 Å². The number of hydrogen-bond acceptors (Lipinski definition) is 4. The van der Waals surface area contributed by atoms with Gasteiger partial charge in [0.1, 0.15) is 6.04 Å². The summed E-state index contributed by atoms with van der Waals surface area (Å²) in [5.74, 6) is -1.53. The summed E-state index contributed by atoms with van der Waals surface area (Å²) in [4.78, 5) is 21.1. The first-order chi connectivity index (χ1) is 6.57. The molecule has 0 aromatic heterocycles. The molecule has 0 aliphatic carbocycles. The number of amides is 1. The molecule has 6 N–H and O–H groups in total. The first-order valence-corrected chi connectivity index (χ1v) is 4.52. The summed E-state index contributed by atoms with van der Waals surface area (Å²) in [5, 5.41) is 11.3. The van der Waals surface area contributed by atoms with E-state index in [0.29, 0.717) is 13.0 Å². The minimum Gasteiger partial charge on any atom is -0.480 e. The number of nitrogens with one attached hydrogen (secondary N) is 1. The molecule has 0 rings (SSSR count). The number of carboxylic acids is 1. The second kappa shape index (κ2) is 7.28. The van der Waals surface area contributed by atoms with Crippen LogP contribution in [0.25, 0.3) is 0 Å². The van der Waals surface area contributed by atoms with Crippen LogP contribution in [0.15, 0.2) is 0 Å². The zero-order chi connectivity index (χ0) is 11.0. The molecule has 0 radical (unpaired) electrons. The molecule has 0 aromatic rings. The highest BCUT2D eigenvalue weighted by molar-refractivity contribution is 5.78. The Labute approximate surface area is 82.6 Å². The summed E-state index contributed by atoms with van der Waals surface area (Å²) >= 11 is 0. The summed E-state index contributed by atoms with van der Waals surface area (Å²) in [6.07, 6.45) is 1.96. The van der Waals surface area contributed by atoms with Crippen LogP contribution in [0, 0.1) is 0 Å². The Bertz CT molecular complexity index is 196. The van der Waals surface area contributed by atoms with Crippen molar-refractivity contribution in [3.63, 3.8) is 0 Å². The van der Waals surface area contributed by atoms with Crippen molar-refractivity contribution in [2.75, 3.05) is 13.1 Å². The van der Waals surface area contributed by atoms with Crippen LogP contribution in [0.5, 0.6) is 0 Å². The van der Waals surface area contributed by atoms with E-state index in [1.165, 1.54) is 0 Å². The topological polar surface area (TPSA) is 118 Å². The van der Waals surface area contributed by atoms with Gasteiger partial charge in [0.2, 0.25) is 5.91 Å². The van der Waals surface area contributed by atoms with Crippen molar-refractivity contribution in [2.45, 2.75) is 25.3 Å². The molecule has 6 heteroatoms. The smallest absolute Gasteiger partial charge is 0.320 e. The van der Waals surface area contributed by atoms with Crippen molar-refractivity contribution < 1.29 is 14.7 Å². The molecule has 0 saturated carbocycles. The van der Waals surface area contributed by atoms with Gasteiger partial charge in [-0.3, -0.25) is 14.9 Å². The lowest BCUT2D eigenvalue weighted by molar-refractivity contribution is -0.139. The SMILES string of the molecule is NCCCC[C@H](NCC(N)=O)C(=O)O. The van der Waals surface area contributed by atoms with Gasteiger partial charge >= 0.3 is 5.97 Å². The zero-order valence-corrected chi connectivity index (χ0v) is 8.03. The molecule has 0 fully saturated rings. The fourth-order valence-electron chi connectivity index (χ4n) is 1.03. The van der Waals surface area contributed by atoms with Crippen molar-refractivity contribution in [3.8, 4) is 0 Å². The number of aliphatic carboxylic acids is 1. The Morgan fingerprint density at radius 3 is 2.43 bits per heavy atom. The molecule has 0 aliphatic heterocycles. The lowest BCUT2D eigenvalue weighted by atomic mass is 10.1. The van der Waals surface area contributed by atoms with Crippen LogP contribution in [0.2, 0.25) is 0 Å². The maximum absolute atomic E-state index is 10.7. The molecular weight excluding hydrogens is 186 g/mol. The van der Waals surface area contributed by atoms with Gasteiger partial charge < -0.3 is 16.6 Å². The highest BCUT2D eigenvalue weighted by Gasteiger charge is 2.16. The van der Waals surface area contributed by atoms with Gasteiger partial charge in [-0.1, -0.05) is 6.42 Å². The summed E-state index contributed by atoms with van der Waals surface area (Å²) in [6, 6.07) is -0.714. The lowest BCUT2D eigenvalue weighted by Gasteiger charge is -2.12. The Morgan fingerprint density at radius 2 is 2.00 bits per heavy atom. The number of primary amides is 1. The monoisotopic (exact) mass is 203 g/mol. The predicted molar refractivity (Wildman–Crippen MR) is 51.5 cm³/mol. The third kappa shape index (κ3) is 6.38. The second-order valence-electron chi connectivity index (χ2n) is 3.02. The van der Waals surface area contributed by atoms with E-state index in [9.17, 15) is 9.59 Å². The molecule has 14 heavy (non-hydrogen) atoms. The third-order valence-electron chi connectivity index (χ3n) is 1.77. The Balaban J connectivity index is 3.78. The zero-order valence-electron chi connectivity index (χ0n) is 8.03. The van der Waals surface area contributed by atoms with Crippen LogP contribution in [0.4, 0.5) is 0 Å². The van der Waals surface area contributed by atoms with Gasteiger partial charge in [0, 0.05) is 0 Å². The van der Waals surface area contributed by atoms with Gasteiger partial charge in [0.25, 0.3) is 0 Å². The Morgan fingerprint density at radius 1 is 1.36 bits per heavy atom. The Kier molecular flexibility index (Phi) is 6.69. The van der Waals surface area contributed by atoms with Gasteiger partial charge in [-0.05, 0) is 19.4 Å². The van der Waals surface area contributed by atoms with Gasteiger partial charge in [-0.25, -0.2) is 0 Å². The average molecular weight is 203 g/mol. The number of carboxylic acid groups (broad SMARTS) is 1. The van der Waals surface area contributed by atoms with E-state index in [1.807, 2.05) is 0 Å². The first kappa shape index (κ1) is 12.9. The van der Waals surface area contributed by atoms with Crippen molar-refractivity contribution in [3.05, 3.63) is 0 Å². The molecule has 0 bridgehead atoms. The highest BCUT2D eigenvalue weighted by atomic mass is 16.4. The van der Waals surface area contributed by atoms with E-state index in [4.69, 9.17) is 16.6 Å². The van der Waals surface area contributed by atoms with Crippen LogP contribution < -0.4 is 16.8 Å². The first-order valence-electron chi connectivity index (χ1n) is 4.52. The van der Waals surface area contributed by atoms with Crippen LogP contribution in [-0.4, -0.2) is 36.1 Å². The molecule has 6 nitrogen and oxygen atoms in total. The van der Waals surface area contributed by atoms with Crippen LogP contribution in [0.3, 0.4) is 0 Å². The van der Waals surface area contributed by atoms with Gasteiger partial charge in [-0.2, -0.15) is 0 Å². The number of carbonyl (C=O) groups is 2. The van der Waals surface area contributed by atoms with E-state index in [1.54, 1.807) is 0 Å². The standard InChI is InChI=1S/C8H17N3O3/c9-4-2-1-3-6(8(13)14)11-5-7(10)12/h6,11H,1-5,9H2,(H2,10,12)(H,13,14)/t6-/m0/s1. The quantitative estimate of drug-likeness (QED) is 0.363. The van der Waals surface area contributed by atoms with Crippen LogP contribution in [0.1, 0.15) is 19.3 Å². The van der Waals surface area contributed by atoms with Crippen molar-refractivity contribution in [2.24, 2.45) is 11.5 Å². The van der Waals surface area contributed by atoms with Gasteiger partial charge in [0.05, 0.1) is 6.54 Å². The molecule has 0 aromatic carbocycles. The minimum absolute atomic E-state index is 0.112. The highest BCUT2D eigenvalue weighted by Crippen LogP contribution is 2.00. The molecule has 1 amide bonds. The number of carbonyl (C=O) groups excluding carboxylic acids is 1.